The number of anilines is 1. The number of carbonyl (C=O) groups excluding carboxylic acids is 1. The highest BCUT2D eigenvalue weighted by Gasteiger charge is 2.07. The summed E-state index contributed by atoms with van der Waals surface area (Å²) in [5.41, 5.74) is 0.823. The molecule has 0 saturated heterocycles. The number of benzene rings is 1. The van der Waals surface area contributed by atoms with Crippen LogP contribution in [0, 0.1) is 0 Å². The Hall–Kier alpha value is -1.56. The molecule has 0 aliphatic carbocycles. The molecule has 6 heteroatoms. The van der Waals surface area contributed by atoms with Gasteiger partial charge in [-0.2, -0.15) is 0 Å². The summed E-state index contributed by atoms with van der Waals surface area (Å²) in [7, 11) is -3.32. The van der Waals surface area contributed by atoms with Crippen LogP contribution in [-0.4, -0.2) is 27.1 Å². The number of amides is 1. The van der Waals surface area contributed by atoms with Gasteiger partial charge in [0.25, 0.3) is 5.91 Å². The van der Waals surface area contributed by atoms with Gasteiger partial charge >= 0.3 is 0 Å². The Labute approximate surface area is 101 Å². The second kappa shape index (κ2) is 5.67. The van der Waals surface area contributed by atoms with E-state index in [0.29, 0.717) is 17.8 Å². The zero-order valence-electron chi connectivity index (χ0n) is 9.86. The van der Waals surface area contributed by atoms with Crippen molar-refractivity contribution in [2.45, 2.75) is 13.3 Å². The molecule has 1 aromatic rings. The molecule has 0 aromatic heterocycles. The lowest BCUT2D eigenvalue weighted by Gasteiger charge is -2.07. The lowest BCUT2D eigenvalue weighted by atomic mass is 10.2. The SMILES string of the molecule is CCCNC(=O)c1cccc(NS(C)(=O)=O)c1. The standard InChI is InChI=1S/C11H16N2O3S/c1-3-7-12-11(14)9-5-4-6-10(8-9)13-17(2,15)16/h4-6,8,13H,3,7H2,1-2H3,(H,12,14). The number of hydrogen-bond acceptors (Lipinski definition) is 3. The van der Waals surface area contributed by atoms with E-state index in [-0.39, 0.29) is 5.91 Å². The van der Waals surface area contributed by atoms with Crippen molar-refractivity contribution in [1.82, 2.24) is 5.32 Å². The summed E-state index contributed by atoms with van der Waals surface area (Å²) in [6.45, 7) is 2.56. The topological polar surface area (TPSA) is 75.3 Å². The minimum absolute atomic E-state index is 0.205. The highest BCUT2D eigenvalue weighted by atomic mass is 32.2. The lowest BCUT2D eigenvalue weighted by Crippen LogP contribution is -2.24. The van der Waals surface area contributed by atoms with Gasteiger partial charge in [0.1, 0.15) is 0 Å². The van der Waals surface area contributed by atoms with E-state index < -0.39 is 10.0 Å². The lowest BCUT2D eigenvalue weighted by molar-refractivity contribution is 0.0953. The van der Waals surface area contributed by atoms with Crippen LogP contribution in [0.25, 0.3) is 0 Å². The third kappa shape index (κ3) is 4.86. The van der Waals surface area contributed by atoms with Gasteiger partial charge in [-0.05, 0) is 24.6 Å². The van der Waals surface area contributed by atoms with E-state index >= 15 is 0 Å². The van der Waals surface area contributed by atoms with Gasteiger partial charge in [-0.3, -0.25) is 9.52 Å². The van der Waals surface area contributed by atoms with Crippen LogP contribution < -0.4 is 10.0 Å². The highest BCUT2D eigenvalue weighted by Crippen LogP contribution is 2.11. The molecule has 1 amide bonds. The molecule has 0 heterocycles. The molecule has 0 fully saturated rings. The molecule has 5 nitrogen and oxygen atoms in total. The number of carbonyl (C=O) groups is 1. The number of rotatable bonds is 5. The van der Waals surface area contributed by atoms with Crippen LogP contribution >= 0.6 is 0 Å². The molecule has 0 aliphatic heterocycles. The van der Waals surface area contributed by atoms with E-state index in [2.05, 4.69) is 10.0 Å². The van der Waals surface area contributed by atoms with Crippen molar-refractivity contribution in [3.63, 3.8) is 0 Å². The van der Waals surface area contributed by atoms with Crippen LogP contribution in [0.4, 0.5) is 5.69 Å². The Balaban J connectivity index is 2.82. The molecule has 0 aliphatic rings. The van der Waals surface area contributed by atoms with Crippen LogP contribution in [0.15, 0.2) is 24.3 Å². The van der Waals surface area contributed by atoms with E-state index in [1.165, 1.54) is 6.07 Å². The molecule has 1 rings (SSSR count). The van der Waals surface area contributed by atoms with Gasteiger partial charge in [-0.25, -0.2) is 8.42 Å². The van der Waals surface area contributed by atoms with Gasteiger partial charge in [0.2, 0.25) is 10.0 Å². The van der Waals surface area contributed by atoms with Gasteiger partial charge in [-0.1, -0.05) is 13.0 Å². The van der Waals surface area contributed by atoms with Gasteiger partial charge in [0, 0.05) is 17.8 Å². The van der Waals surface area contributed by atoms with Gasteiger partial charge in [0.05, 0.1) is 6.26 Å². The van der Waals surface area contributed by atoms with Crippen LogP contribution in [0.5, 0.6) is 0 Å². The van der Waals surface area contributed by atoms with Crippen molar-refractivity contribution >= 4 is 21.6 Å². The second-order valence-electron chi connectivity index (χ2n) is 3.71. The number of hydrogen-bond donors (Lipinski definition) is 2. The van der Waals surface area contributed by atoms with Gasteiger partial charge in [0.15, 0.2) is 0 Å². The quantitative estimate of drug-likeness (QED) is 0.831. The van der Waals surface area contributed by atoms with E-state index in [9.17, 15) is 13.2 Å². The van der Waals surface area contributed by atoms with Crippen LogP contribution in [-0.2, 0) is 10.0 Å². The van der Waals surface area contributed by atoms with Crippen molar-refractivity contribution in [2.24, 2.45) is 0 Å². The third-order valence-electron chi connectivity index (χ3n) is 1.96. The summed E-state index contributed by atoms with van der Waals surface area (Å²) < 4.78 is 24.4. The molecular weight excluding hydrogens is 240 g/mol. The van der Waals surface area contributed by atoms with Crippen LogP contribution in [0.1, 0.15) is 23.7 Å². The normalized spacial score (nSPS) is 10.9. The van der Waals surface area contributed by atoms with E-state index in [4.69, 9.17) is 0 Å². The van der Waals surface area contributed by atoms with Crippen molar-refractivity contribution in [2.75, 3.05) is 17.5 Å². The van der Waals surface area contributed by atoms with Crippen molar-refractivity contribution in [3.05, 3.63) is 29.8 Å². The summed E-state index contributed by atoms with van der Waals surface area (Å²) in [5.74, 6) is -0.205. The predicted octanol–water partition coefficient (Wildman–Crippen LogP) is 1.20. The molecule has 0 unspecified atom stereocenters. The third-order valence-corrected chi connectivity index (χ3v) is 2.57. The average molecular weight is 256 g/mol. The van der Waals surface area contributed by atoms with E-state index in [0.717, 1.165) is 12.7 Å². The predicted molar refractivity (Wildman–Crippen MR) is 67.5 cm³/mol. The molecule has 0 radical (unpaired) electrons. The molecular formula is C11H16N2O3S. The maximum Gasteiger partial charge on any atom is 0.251 e. The first-order valence-electron chi connectivity index (χ1n) is 5.28. The van der Waals surface area contributed by atoms with Crippen molar-refractivity contribution in [3.8, 4) is 0 Å². The monoisotopic (exact) mass is 256 g/mol. The molecule has 94 valence electrons. The Morgan fingerprint density at radius 1 is 1.35 bits per heavy atom. The zero-order chi connectivity index (χ0) is 12.9. The maximum absolute atomic E-state index is 11.6. The van der Waals surface area contributed by atoms with Crippen LogP contribution in [0.3, 0.4) is 0 Å². The van der Waals surface area contributed by atoms with Crippen molar-refractivity contribution in [1.29, 1.82) is 0 Å². The zero-order valence-corrected chi connectivity index (χ0v) is 10.7. The Bertz CT molecular complexity index is 497. The Morgan fingerprint density at radius 3 is 2.65 bits per heavy atom. The fourth-order valence-corrected chi connectivity index (χ4v) is 1.83. The summed E-state index contributed by atoms with van der Waals surface area (Å²) >= 11 is 0. The first-order chi connectivity index (χ1) is 7.92. The molecule has 0 spiro atoms. The Kier molecular flexibility index (Phi) is 4.51. The molecule has 0 atom stereocenters. The summed E-state index contributed by atoms with van der Waals surface area (Å²) in [6.07, 6.45) is 1.92. The fraction of sp³-hybridized carbons (Fsp3) is 0.364. The minimum Gasteiger partial charge on any atom is -0.352 e. The summed E-state index contributed by atoms with van der Waals surface area (Å²) in [5, 5.41) is 2.72. The molecule has 17 heavy (non-hydrogen) atoms. The molecule has 0 bridgehead atoms. The molecule has 2 N–H and O–H groups in total. The summed E-state index contributed by atoms with van der Waals surface area (Å²) in [4.78, 5) is 11.6. The second-order valence-corrected chi connectivity index (χ2v) is 5.46. The largest absolute Gasteiger partial charge is 0.352 e. The van der Waals surface area contributed by atoms with Crippen LogP contribution in [0.2, 0.25) is 0 Å². The van der Waals surface area contributed by atoms with Crippen molar-refractivity contribution < 1.29 is 13.2 Å². The average Bonchev–Trinajstić information content (AvgIpc) is 2.24. The highest BCUT2D eigenvalue weighted by molar-refractivity contribution is 7.92. The smallest absolute Gasteiger partial charge is 0.251 e. The first-order valence-corrected chi connectivity index (χ1v) is 7.17. The minimum atomic E-state index is -3.32. The number of nitrogens with one attached hydrogen (secondary N) is 2. The van der Waals surface area contributed by atoms with Gasteiger partial charge in [-0.15, -0.1) is 0 Å². The van der Waals surface area contributed by atoms with E-state index in [1.807, 2.05) is 6.92 Å². The fourth-order valence-electron chi connectivity index (χ4n) is 1.28. The Morgan fingerprint density at radius 2 is 2.06 bits per heavy atom. The first kappa shape index (κ1) is 13.5. The summed E-state index contributed by atoms with van der Waals surface area (Å²) in [6, 6.07) is 6.37. The molecule has 1 aromatic carbocycles. The maximum atomic E-state index is 11.6. The molecule has 0 saturated carbocycles. The van der Waals surface area contributed by atoms with Gasteiger partial charge < -0.3 is 5.32 Å². The number of sulfonamides is 1. The van der Waals surface area contributed by atoms with E-state index in [1.54, 1.807) is 18.2 Å².